The SMILES string of the molecule is C=CCCC(CC)C(=C)CC1CC1CCCC. The maximum Gasteiger partial charge on any atom is -0.0205 e. The Labute approximate surface area is 108 Å². The highest BCUT2D eigenvalue weighted by molar-refractivity contribution is 5.06. The quantitative estimate of drug-likeness (QED) is 0.422. The van der Waals surface area contributed by atoms with Crippen LogP contribution in [-0.4, -0.2) is 0 Å². The van der Waals surface area contributed by atoms with Crippen molar-refractivity contribution < 1.29 is 0 Å². The number of hydrogen-bond donors (Lipinski definition) is 0. The molecule has 0 nitrogen and oxygen atoms in total. The summed E-state index contributed by atoms with van der Waals surface area (Å²) in [5, 5.41) is 0. The summed E-state index contributed by atoms with van der Waals surface area (Å²) < 4.78 is 0. The second-order valence-electron chi connectivity index (χ2n) is 5.73. The monoisotopic (exact) mass is 234 g/mol. The van der Waals surface area contributed by atoms with Gasteiger partial charge >= 0.3 is 0 Å². The molecule has 0 heteroatoms. The van der Waals surface area contributed by atoms with Crippen molar-refractivity contribution in [1.29, 1.82) is 0 Å². The van der Waals surface area contributed by atoms with Crippen LogP contribution in [0.1, 0.15) is 65.2 Å². The van der Waals surface area contributed by atoms with Crippen LogP contribution in [0, 0.1) is 17.8 Å². The Balaban J connectivity index is 2.22. The minimum absolute atomic E-state index is 0.737. The number of hydrogen-bond acceptors (Lipinski definition) is 0. The third kappa shape index (κ3) is 5.10. The fraction of sp³-hybridized carbons (Fsp3) is 0.765. The molecule has 3 atom stereocenters. The largest absolute Gasteiger partial charge is 0.103 e. The van der Waals surface area contributed by atoms with E-state index in [0.29, 0.717) is 0 Å². The maximum atomic E-state index is 4.34. The molecule has 0 heterocycles. The molecular weight excluding hydrogens is 204 g/mol. The van der Waals surface area contributed by atoms with Crippen LogP contribution in [0.5, 0.6) is 0 Å². The average molecular weight is 234 g/mol. The number of rotatable bonds is 10. The van der Waals surface area contributed by atoms with Gasteiger partial charge in [0.25, 0.3) is 0 Å². The lowest BCUT2D eigenvalue weighted by Gasteiger charge is -2.17. The summed E-state index contributed by atoms with van der Waals surface area (Å²) in [7, 11) is 0. The summed E-state index contributed by atoms with van der Waals surface area (Å²) in [5.41, 5.74) is 1.51. The molecule has 0 aromatic carbocycles. The van der Waals surface area contributed by atoms with E-state index in [1.165, 1.54) is 50.5 Å². The van der Waals surface area contributed by atoms with Crippen LogP contribution in [0.4, 0.5) is 0 Å². The van der Waals surface area contributed by atoms with E-state index in [9.17, 15) is 0 Å². The van der Waals surface area contributed by atoms with E-state index < -0.39 is 0 Å². The number of allylic oxidation sites excluding steroid dienone is 2. The first-order valence-electron chi connectivity index (χ1n) is 7.51. The van der Waals surface area contributed by atoms with Gasteiger partial charge in [-0.3, -0.25) is 0 Å². The summed E-state index contributed by atoms with van der Waals surface area (Å²) >= 11 is 0. The molecule has 1 aliphatic rings. The predicted molar refractivity (Wildman–Crippen MR) is 78.1 cm³/mol. The zero-order valence-corrected chi connectivity index (χ0v) is 11.9. The molecule has 98 valence electrons. The van der Waals surface area contributed by atoms with E-state index >= 15 is 0 Å². The van der Waals surface area contributed by atoms with Crippen molar-refractivity contribution in [3.05, 3.63) is 24.8 Å². The van der Waals surface area contributed by atoms with Gasteiger partial charge in [-0.05, 0) is 49.9 Å². The summed E-state index contributed by atoms with van der Waals surface area (Å²) in [6.07, 6.45) is 12.7. The highest BCUT2D eigenvalue weighted by Crippen LogP contribution is 2.47. The van der Waals surface area contributed by atoms with E-state index in [1.807, 2.05) is 6.08 Å². The van der Waals surface area contributed by atoms with Crippen molar-refractivity contribution in [1.82, 2.24) is 0 Å². The van der Waals surface area contributed by atoms with Gasteiger partial charge in [0, 0.05) is 0 Å². The lowest BCUT2D eigenvalue weighted by Crippen LogP contribution is -2.03. The highest BCUT2D eigenvalue weighted by atomic mass is 14.4. The Morgan fingerprint density at radius 2 is 2.12 bits per heavy atom. The first-order chi connectivity index (χ1) is 8.22. The van der Waals surface area contributed by atoms with Gasteiger partial charge in [0.05, 0.1) is 0 Å². The Hall–Kier alpha value is -0.520. The van der Waals surface area contributed by atoms with Crippen LogP contribution < -0.4 is 0 Å². The second kappa shape index (κ2) is 7.74. The molecule has 0 aliphatic heterocycles. The lowest BCUT2D eigenvalue weighted by molar-refractivity contribution is 0.508. The van der Waals surface area contributed by atoms with E-state index in [0.717, 1.165) is 24.2 Å². The molecule has 0 aromatic rings. The third-order valence-corrected chi connectivity index (χ3v) is 4.31. The Bertz CT molecular complexity index is 238. The minimum Gasteiger partial charge on any atom is -0.103 e. The van der Waals surface area contributed by atoms with Crippen molar-refractivity contribution in [3.63, 3.8) is 0 Å². The first kappa shape index (κ1) is 14.5. The van der Waals surface area contributed by atoms with Crippen molar-refractivity contribution in [2.24, 2.45) is 17.8 Å². The molecule has 0 aromatic heterocycles. The average Bonchev–Trinajstić information content (AvgIpc) is 3.05. The molecule has 1 aliphatic carbocycles. The Morgan fingerprint density at radius 1 is 1.35 bits per heavy atom. The van der Waals surface area contributed by atoms with Gasteiger partial charge in [-0.25, -0.2) is 0 Å². The second-order valence-corrected chi connectivity index (χ2v) is 5.73. The zero-order valence-electron chi connectivity index (χ0n) is 11.9. The van der Waals surface area contributed by atoms with Crippen LogP contribution in [0.2, 0.25) is 0 Å². The van der Waals surface area contributed by atoms with Gasteiger partial charge in [0.2, 0.25) is 0 Å². The highest BCUT2D eigenvalue weighted by Gasteiger charge is 2.36. The maximum absolute atomic E-state index is 4.34. The third-order valence-electron chi connectivity index (χ3n) is 4.31. The molecule has 0 bridgehead atoms. The molecule has 0 spiro atoms. The van der Waals surface area contributed by atoms with Gasteiger partial charge < -0.3 is 0 Å². The van der Waals surface area contributed by atoms with E-state index in [2.05, 4.69) is 27.0 Å². The van der Waals surface area contributed by atoms with Gasteiger partial charge in [-0.1, -0.05) is 51.3 Å². The summed E-state index contributed by atoms with van der Waals surface area (Å²) in [6.45, 7) is 12.7. The summed E-state index contributed by atoms with van der Waals surface area (Å²) in [4.78, 5) is 0. The molecular formula is C17H30. The topological polar surface area (TPSA) is 0 Å². The Kier molecular flexibility index (Phi) is 6.62. The van der Waals surface area contributed by atoms with Gasteiger partial charge in [-0.15, -0.1) is 6.58 Å². The van der Waals surface area contributed by atoms with Gasteiger partial charge in [0.1, 0.15) is 0 Å². The molecule has 1 saturated carbocycles. The molecule has 1 rings (SSSR count). The summed E-state index contributed by atoms with van der Waals surface area (Å²) in [5.74, 6) is 2.75. The summed E-state index contributed by atoms with van der Waals surface area (Å²) in [6, 6.07) is 0. The van der Waals surface area contributed by atoms with Crippen molar-refractivity contribution >= 4 is 0 Å². The smallest absolute Gasteiger partial charge is 0.0205 e. The van der Waals surface area contributed by atoms with Crippen LogP contribution in [0.25, 0.3) is 0 Å². The number of unbranched alkanes of at least 4 members (excludes halogenated alkanes) is 1. The van der Waals surface area contributed by atoms with Crippen LogP contribution >= 0.6 is 0 Å². The fourth-order valence-electron chi connectivity index (χ4n) is 2.90. The van der Waals surface area contributed by atoms with Gasteiger partial charge in [-0.2, -0.15) is 0 Å². The fourth-order valence-corrected chi connectivity index (χ4v) is 2.90. The van der Waals surface area contributed by atoms with Crippen LogP contribution in [0.3, 0.4) is 0 Å². The molecule has 0 radical (unpaired) electrons. The van der Waals surface area contributed by atoms with Gasteiger partial charge in [0.15, 0.2) is 0 Å². The predicted octanol–water partition coefficient (Wildman–Crippen LogP) is 5.75. The first-order valence-corrected chi connectivity index (χ1v) is 7.51. The van der Waals surface area contributed by atoms with E-state index in [-0.39, 0.29) is 0 Å². The van der Waals surface area contributed by atoms with Crippen LogP contribution in [0.15, 0.2) is 24.8 Å². The van der Waals surface area contributed by atoms with Crippen molar-refractivity contribution in [2.75, 3.05) is 0 Å². The zero-order chi connectivity index (χ0) is 12.7. The standard InChI is InChI=1S/C17H30/c1-5-8-10-15(7-3)14(4)12-17-13-16(17)11-9-6-2/h5,15-17H,1,4,6-13H2,2-3H3. The lowest BCUT2D eigenvalue weighted by atomic mass is 9.89. The van der Waals surface area contributed by atoms with Crippen molar-refractivity contribution in [2.45, 2.75) is 65.2 Å². The molecule has 0 saturated heterocycles. The van der Waals surface area contributed by atoms with Crippen molar-refractivity contribution in [3.8, 4) is 0 Å². The minimum atomic E-state index is 0.737. The molecule has 0 N–H and O–H groups in total. The molecule has 0 amide bonds. The molecule has 17 heavy (non-hydrogen) atoms. The van der Waals surface area contributed by atoms with Crippen LogP contribution in [-0.2, 0) is 0 Å². The van der Waals surface area contributed by atoms with E-state index in [4.69, 9.17) is 0 Å². The molecule has 3 unspecified atom stereocenters. The van der Waals surface area contributed by atoms with E-state index in [1.54, 1.807) is 0 Å². The Morgan fingerprint density at radius 3 is 2.71 bits per heavy atom. The molecule has 1 fully saturated rings. The normalized spacial score (nSPS) is 24.4.